The van der Waals surface area contributed by atoms with E-state index in [0.717, 1.165) is 74.1 Å². The number of aromatic nitrogens is 2. The Hall–Kier alpha value is -3.72. The third kappa shape index (κ3) is 5.87. The first-order valence-electron chi connectivity index (χ1n) is 16.0. The summed E-state index contributed by atoms with van der Waals surface area (Å²) in [6.45, 7) is 9.93. The molecule has 1 aromatic heterocycles. The quantitative estimate of drug-likeness (QED) is 0.239. The zero-order valence-corrected chi connectivity index (χ0v) is 27.2. The van der Waals surface area contributed by atoms with Crippen LogP contribution in [0, 0.1) is 11.3 Å². The van der Waals surface area contributed by atoms with Crippen molar-refractivity contribution in [1.29, 1.82) is 5.26 Å². The SMILES string of the molecule is COC1CC(C(C)Oc2cc(OC3CNC3(C)C)nc(/C=N/OC3=C(C)CCCC34CCc3ccc(N)c(C#N)c34)n2)N(C)C1. The van der Waals surface area contributed by atoms with Gasteiger partial charge in [-0.05, 0) is 96.0 Å². The summed E-state index contributed by atoms with van der Waals surface area (Å²) in [4.78, 5) is 17.9. The number of likely N-dealkylation sites (tertiary alicyclic amines) is 1. The summed E-state index contributed by atoms with van der Waals surface area (Å²) in [7, 11) is 3.84. The second kappa shape index (κ2) is 12.2. The second-order valence-electron chi connectivity index (χ2n) is 13.6. The number of nitrogen functional groups attached to an aromatic ring is 1. The van der Waals surface area contributed by atoms with Crippen molar-refractivity contribution in [1.82, 2.24) is 20.2 Å². The molecule has 2 saturated heterocycles. The molecule has 3 heterocycles. The number of nitrogens with one attached hydrogen (secondary N) is 1. The van der Waals surface area contributed by atoms with E-state index in [4.69, 9.17) is 24.8 Å². The molecule has 4 aliphatic rings. The van der Waals surface area contributed by atoms with E-state index in [-0.39, 0.29) is 29.9 Å². The van der Waals surface area contributed by atoms with Crippen LogP contribution in [0.1, 0.15) is 82.3 Å². The van der Waals surface area contributed by atoms with Crippen LogP contribution in [-0.2, 0) is 21.4 Å². The highest BCUT2D eigenvalue weighted by Gasteiger charge is 2.48. The minimum atomic E-state index is -0.429. The molecule has 3 N–H and O–H groups in total. The number of benzene rings is 1. The Morgan fingerprint density at radius 1 is 1.22 bits per heavy atom. The fraction of sp³-hybridized carbons (Fsp3) is 0.588. The van der Waals surface area contributed by atoms with Crippen LogP contribution in [0.5, 0.6) is 11.8 Å². The molecule has 5 atom stereocenters. The van der Waals surface area contributed by atoms with Gasteiger partial charge in [0, 0.05) is 31.9 Å². The maximum Gasteiger partial charge on any atom is 0.221 e. The Kier molecular flexibility index (Phi) is 8.50. The molecule has 0 amide bonds. The lowest BCUT2D eigenvalue weighted by atomic mass is 9.69. The van der Waals surface area contributed by atoms with Crippen molar-refractivity contribution in [2.75, 3.05) is 33.0 Å². The van der Waals surface area contributed by atoms with E-state index in [9.17, 15) is 5.26 Å². The lowest BCUT2D eigenvalue weighted by molar-refractivity contribution is 0.0260. The van der Waals surface area contributed by atoms with Gasteiger partial charge in [0.2, 0.25) is 11.8 Å². The van der Waals surface area contributed by atoms with Crippen LogP contribution in [0.25, 0.3) is 0 Å². The second-order valence-corrected chi connectivity index (χ2v) is 13.6. The predicted octanol–water partition coefficient (Wildman–Crippen LogP) is 4.24. The largest absolute Gasteiger partial charge is 0.473 e. The van der Waals surface area contributed by atoms with Gasteiger partial charge >= 0.3 is 0 Å². The van der Waals surface area contributed by atoms with E-state index in [0.29, 0.717) is 28.8 Å². The summed E-state index contributed by atoms with van der Waals surface area (Å²) in [5, 5.41) is 17.9. The number of hydrogen-bond donors (Lipinski definition) is 2. The molecule has 0 bridgehead atoms. The van der Waals surface area contributed by atoms with Crippen LogP contribution in [-0.4, -0.2) is 78.2 Å². The van der Waals surface area contributed by atoms with E-state index >= 15 is 0 Å². The number of rotatable bonds is 9. The fourth-order valence-corrected chi connectivity index (χ4v) is 7.57. The number of anilines is 1. The molecule has 2 aromatic rings. The van der Waals surface area contributed by atoms with E-state index < -0.39 is 5.41 Å². The number of nitriles is 1. The van der Waals surface area contributed by atoms with Gasteiger partial charge in [-0.3, -0.25) is 4.90 Å². The van der Waals surface area contributed by atoms with Crippen LogP contribution >= 0.6 is 0 Å². The summed E-state index contributed by atoms with van der Waals surface area (Å²) in [5.41, 5.74) is 10.0. The zero-order chi connectivity index (χ0) is 31.9. The van der Waals surface area contributed by atoms with Crippen molar-refractivity contribution >= 4 is 11.9 Å². The third-order valence-corrected chi connectivity index (χ3v) is 10.3. The van der Waals surface area contributed by atoms with Crippen molar-refractivity contribution in [3.8, 4) is 17.8 Å². The van der Waals surface area contributed by atoms with Gasteiger partial charge in [-0.25, -0.2) is 0 Å². The molecule has 0 radical (unpaired) electrons. The topological polar surface area (TPSA) is 140 Å². The van der Waals surface area contributed by atoms with Crippen LogP contribution in [0.4, 0.5) is 5.69 Å². The first kappa shape index (κ1) is 31.3. The molecule has 1 spiro atoms. The molecule has 2 fully saturated rings. The van der Waals surface area contributed by atoms with Crippen LogP contribution in [0.15, 0.2) is 34.7 Å². The number of nitrogens with zero attached hydrogens (tertiary/aromatic N) is 5. The van der Waals surface area contributed by atoms with Gasteiger partial charge in [-0.15, -0.1) is 0 Å². The first-order valence-corrected chi connectivity index (χ1v) is 16.0. The van der Waals surface area contributed by atoms with Crippen LogP contribution in [0.3, 0.4) is 0 Å². The van der Waals surface area contributed by atoms with E-state index in [1.807, 2.05) is 12.1 Å². The van der Waals surface area contributed by atoms with Crippen molar-refractivity contribution in [2.24, 2.45) is 5.16 Å². The van der Waals surface area contributed by atoms with Gasteiger partial charge in [-0.1, -0.05) is 11.2 Å². The average Bonchev–Trinajstić information content (AvgIpc) is 3.57. The number of hydrogen-bond acceptors (Lipinski definition) is 11. The standard InChI is InChI=1S/C34H45N7O4/c1-20-8-7-12-34(13-11-22-9-10-25(36)24(16-35)31(22)34)32(20)45-38-18-28-39-29(15-30(40-28)44-27-17-37-33(27,3)4)43-21(2)26-14-23(42-6)19-41(26)5/h9-10,15,18,21,23,26-27,37H,7-8,11-14,17,19,36H2,1-6H3/b38-18+. The lowest BCUT2D eigenvalue weighted by Crippen LogP contribution is -2.67. The van der Waals surface area contributed by atoms with Gasteiger partial charge in [0.1, 0.15) is 30.3 Å². The Balaban J connectivity index is 1.27. The number of fused-ring (bicyclic) bond motifs is 2. The molecule has 0 saturated carbocycles. The van der Waals surface area contributed by atoms with Gasteiger partial charge in [0.05, 0.1) is 28.7 Å². The van der Waals surface area contributed by atoms with Crippen LogP contribution < -0.4 is 20.5 Å². The number of likely N-dealkylation sites (N-methyl/N-ethyl adjacent to an activating group) is 1. The van der Waals surface area contributed by atoms with Crippen molar-refractivity contribution < 1.29 is 19.0 Å². The van der Waals surface area contributed by atoms with Crippen LogP contribution in [0.2, 0.25) is 0 Å². The zero-order valence-electron chi connectivity index (χ0n) is 27.2. The smallest absolute Gasteiger partial charge is 0.221 e. The highest BCUT2D eigenvalue weighted by Crippen LogP contribution is 2.53. The number of methoxy groups -OCH3 is 1. The molecule has 11 heteroatoms. The summed E-state index contributed by atoms with van der Waals surface area (Å²) < 4.78 is 18.3. The van der Waals surface area contributed by atoms with Gasteiger partial charge in [-0.2, -0.15) is 15.2 Å². The molecular formula is C34H45N7O4. The van der Waals surface area contributed by atoms with Gasteiger partial charge in [0.15, 0.2) is 5.82 Å². The van der Waals surface area contributed by atoms with E-state index in [2.05, 4.69) is 66.2 Å². The maximum atomic E-state index is 10.0. The number of nitrogens with two attached hydrogens (primary N) is 1. The molecule has 240 valence electrons. The predicted molar refractivity (Wildman–Crippen MR) is 171 cm³/mol. The molecular weight excluding hydrogens is 570 g/mol. The molecule has 2 aliphatic carbocycles. The molecule has 45 heavy (non-hydrogen) atoms. The Bertz CT molecular complexity index is 1550. The molecule has 6 rings (SSSR count). The van der Waals surface area contributed by atoms with Crippen molar-refractivity contribution in [3.63, 3.8) is 0 Å². The van der Waals surface area contributed by atoms with E-state index in [1.165, 1.54) is 6.21 Å². The van der Waals surface area contributed by atoms with Crippen molar-refractivity contribution in [2.45, 2.75) is 102 Å². The normalized spacial score (nSPS) is 28.2. The number of oxime groups is 1. The Morgan fingerprint density at radius 2 is 2.02 bits per heavy atom. The lowest BCUT2D eigenvalue weighted by Gasteiger charge is -2.44. The highest BCUT2D eigenvalue weighted by atomic mass is 16.6. The summed E-state index contributed by atoms with van der Waals surface area (Å²) in [6.07, 6.45) is 6.90. The minimum Gasteiger partial charge on any atom is -0.473 e. The molecule has 1 aromatic carbocycles. The summed E-state index contributed by atoms with van der Waals surface area (Å²) in [6, 6.07) is 8.18. The third-order valence-electron chi connectivity index (χ3n) is 10.3. The fourth-order valence-electron chi connectivity index (χ4n) is 7.57. The van der Waals surface area contributed by atoms with Gasteiger partial charge < -0.3 is 30.1 Å². The number of allylic oxidation sites excluding steroid dienone is 2. The first-order chi connectivity index (χ1) is 21.5. The van der Waals surface area contributed by atoms with Crippen molar-refractivity contribution in [3.05, 3.63) is 52.0 Å². The maximum absolute atomic E-state index is 10.0. The highest BCUT2D eigenvalue weighted by molar-refractivity contribution is 5.74. The monoisotopic (exact) mass is 615 g/mol. The average molecular weight is 616 g/mol. The number of ether oxygens (including phenoxy) is 3. The summed E-state index contributed by atoms with van der Waals surface area (Å²) >= 11 is 0. The summed E-state index contributed by atoms with van der Waals surface area (Å²) in [5.74, 6) is 1.96. The number of aryl methyl sites for hydroxylation is 1. The molecule has 5 unspecified atom stereocenters. The molecule has 2 aliphatic heterocycles. The Labute approximate surface area is 265 Å². The molecule has 11 nitrogen and oxygen atoms in total. The Morgan fingerprint density at radius 3 is 2.71 bits per heavy atom. The van der Waals surface area contributed by atoms with Gasteiger partial charge in [0.25, 0.3) is 0 Å². The minimum absolute atomic E-state index is 0.0405. The van der Waals surface area contributed by atoms with E-state index in [1.54, 1.807) is 13.2 Å².